The minimum absolute atomic E-state index is 0.118. The summed E-state index contributed by atoms with van der Waals surface area (Å²) in [5.74, 6) is -1.31. The molecule has 1 atom stereocenters. The molecule has 100 valence electrons. The summed E-state index contributed by atoms with van der Waals surface area (Å²) in [6.45, 7) is 5.79. The van der Waals surface area contributed by atoms with Crippen molar-refractivity contribution in [1.82, 2.24) is 5.32 Å². The second kappa shape index (κ2) is 6.23. The number of hydrogen-bond donors (Lipinski definition) is 2. The van der Waals surface area contributed by atoms with Crippen molar-refractivity contribution in [3.8, 4) is 0 Å². The Labute approximate surface area is 106 Å². The van der Waals surface area contributed by atoms with Crippen molar-refractivity contribution < 1.29 is 19.1 Å². The van der Waals surface area contributed by atoms with Gasteiger partial charge in [-0.1, -0.05) is 13.8 Å². The highest BCUT2D eigenvalue weighted by molar-refractivity contribution is 5.93. The molecule has 1 aromatic heterocycles. The molecule has 0 aliphatic rings. The molecule has 1 amide bonds. The maximum atomic E-state index is 11.7. The summed E-state index contributed by atoms with van der Waals surface area (Å²) in [5, 5.41) is 11.6. The molecule has 5 nitrogen and oxygen atoms in total. The van der Waals surface area contributed by atoms with Crippen molar-refractivity contribution >= 4 is 11.9 Å². The zero-order valence-corrected chi connectivity index (χ0v) is 10.9. The van der Waals surface area contributed by atoms with E-state index < -0.39 is 11.9 Å². The Balaban J connectivity index is 2.55. The molecule has 0 radical (unpaired) electrons. The monoisotopic (exact) mass is 253 g/mol. The van der Waals surface area contributed by atoms with Crippen LogP contribution in [0.3, 0.4) is 0 Å². The molecule has 18 heavy (non-hydrogen) atoms. The van der Waals surface area contributed by atoms with E-state index in [-0.39, 0.29) is 24.1 Å². The lowest BCUT2D eigenvalue weighted by Gasteiger charge is -2.15. The van der Waals surface area contributed by atoms with Crippen LogP contribution in [0.5, 0.6) is 0 Å². The molecule has 0 saturated heterocycles. The Hall–Kier alpha value is -1.78. The second-order valence-electron chi connectivity index (χ2n) is 4.81. The topological polar surface area (TPSA) is 79.5 Å². The minimum Gasteiger partial charge on any atom is -0.481 e. The molecule has 0 fully saturated rings. The molecule has 0 aliphatic carbocycles. The predicted molar refractivity (Wildman–Crippen MR) is 66.4 cm³/mol. The van der Waals surface area contributed by atoms with Crippen molar-refractivity contribution in [2.75, 3.05) is 6.54 Å². The van der Waals surface area contributed by atoms with Crippen LogP contribution in [0, 0.1) is 18.8 Å². The van der Waals surface area contributed by atoms with Crippen molar-refractivity contribution in [2.45, 2.75) is 27.2 Å². The van der Waals surface area contributed by atoms with Crippen molar-refractivity contribution in [1.29, 1.82) is 0 Å². The van der Waals surface area contributed by atoms with Crippen molar-refractivity contribution in [3.63, 3.8) is 0 Å². The van der Waals surface area contributed by atoms with Crippen molar-refractivity contribution in [3.05, 3.63) is 23.7 Å². The number of hydrogen-bond acceptors (Lipinski definition) is 3. The summed E-state index contributed by atoms with van der Waals surface area (Å²) in [6, 6.07) is 1.69. The molecule has 1 unspecified atom stereocenters. The second-order valence-corrected chi connectivity index (χ2v) is 4.81. The minimum atomic E-state index is -0.889. The first-order valence-corrected chi connectivity index (χ1v) is 5.97. The zero-order chi connectivity index (χ0) is 13.7. The average molecular weight is 253 g/mol. The lowest BCUT2D eigenvalue weighted by Crippen LogP contribution is -2.33. The third kappa shape index (κ3) is 3.91. The molecular weight excluding hydrogens is 234 g/mol. The van der Waals surface area contributed by atoms with Gasteiger partial charge in [-0.3, -0.25) is 9.59 Å². The summed E-state index contributed by atoms with van der Waals surface area (Å²) in [7, 11) is 0. The van der Waals surface area contributed by atoms with Gasteiger partial charge in [0, 0.05) is 12.1 Å². The molecule has 0 aliphatic heterocycles. The highest BCUT2D eigenvalue weighted by atomic mass is 16.4. The van der Waals surface area contributed by atoms with E-state index in [1.807, 2.05) is 13.8 Å². The van der Waals surface area contributed by atoms with Crippen LogP contribution >= 0.6 is 0 Å². The Morgan fingerprint density at radius 1 is 1.44 bits per heavy atom. The first-order valence-electron chi connectivity index (χ1n) is 5.97. The van der Waals surface area contributed by atoms with Crippen LogP contribution in [0.4, 0.5) is 0 Å². The summed E-state index contributed by atoms with van der Waals surface area (Å²) in [6.07, 6.45) is 1.97. The molecular formula is C13H19NO4. The first kappa shape index (κ1) is 14.3. The van der Waals surface area contributed by atoms with Gasteiger partial charge in [-0.25, -0.2) is 0 Å². The fraction of sp³-hybridized carbons (Fsp3) is 0.538. The van der Waals surface area contributed by atoms with Gasteiger partial charge in [0.25, 0.3) is 5.91 Å². The number of aryl methyl sites for hydroxylation is 1. The van der Waals surface area contributed by atoms with Crippen molar-refractivity contribution in [2.24, 2.45) is 11.8 Å². The van der Waals surface area contributed by atoms with E-state index >= 15 is 0 Å². The van der Waals surface area contributed by atoms with Gasteiger partial charge in [-0.15, -0.1) is 0 Å². The van der Waals surface area contributed by atoms with Gasteiger partial charge >= 0.3 is 5.97 Å². The number of furan rings is 1. The molecule has 0 bridgehead atoms. The molecule has 1 aromatic rings. The van der Waals surface area contributed by atoms with E-state index in [9.17, 15) is 9.59 Å². The van der Waals surface area contributed by atoms with Crippen LogP contribution in [0.2, 0.25) is 0 Å². The van der Waals surface area contributed by atoms with Crippen LogP contribution in [-0.2, 0) is 4.79 Å². The Morgan fingerprint density at radius 3 is 2.56 bits per heavy atom. The first-order chi connectivity index (χ1) is 8.41. The number of amides is 1. The fourth-order valence-corrected chi connectivity index (χ4v) is 1.74. The van der Waals surface area contributed by atoms with E-state index in [0.717, 1.165) is 5.56 Å². The lowest BCUT2D eigenvalue weighted by molar-refractivity contribution is -0.142. The largest absolute Gasteiger partial charge is 0.481 e. The van der Waals surface area contributed by atoms with Gasteiger partial charge in [0.1, 0.15) is 0 Å². The van der Waals surface area contributed by atoms with Gasteiger partial charge in [-0.2, -0.15) is 0 Å². The standard InChI is InChI=1S/C13H19NO4/c1-8(2)6-10(13(16)17)7-14-12(15)11-9(3)4-5-18-11/h4-5,8,10H,6-7H2,1-3H3,(H,14,15)(H,16,17). The van der Waals surface area contributed by atoms with E-state index in [1.54, 1.807) is 13.0 Å². The number of nitrogens with one attached hydrogen (secondary N) is 1. The van der Waals surface area contributed by atoms with E-state index in [2.05, 4.69) is 5.32 Å². The van der Waals surface area contributed by atoms with E-state index in [0.29, 0.717) is 6.42 Å². The zero-order valence-electron chi connectivity index (χ0n) is 10.9. The highest BCUT2D eigenvalue weighted by Crippen LogP contribution is 2.12. The number of carbonyl (C=O) groups excluding carboxylic acids is 1. The molecule has 0 spiro atoms. The predicted octanol–water partition coefficient (Wildman–Crippen LogP) is 2.06. The van der Waals surface area contributed by atoms with Crippen LogP contribution in [0.25, 0.3) is 0 Å². The van der Waals surface area contributed by atoms with Gasteiger partial charge in [0.05, 0.1) is 12.2 Å². The van der Waals surface area contributed by atoms with E-state index in [1.165, 1.54) is 6.26 Å². The molecule has 1 rings (SSSR count). The van der Waals surface area contributed by atoms with Gasteiger partial charge in [0.15, 0.2) is 5.76 Å². The maximum Gasteiger partial charge on any atom is 0.308 e. The van der Waals surface area contributed by atoms with Gasteiger partial charge < -0.3 is 14.8 Å². The number of carbonyl (C=O) groups is 2. The normalized spacial score (nSPS) is 12.4. The third-order valence-corrected chi connectivity index (χ3v) is 2.68. The Kier molecular flexibility index (Phi) is 4.95. The fourth-order valence-electron chi connectivity index (χ4n) is 1.74. The molecule has 0 saturated carbocycles. The molecule has 2 N–H and O–H groups in total. The molecule has 1 heterocycles. The third-order valence-electron chi connectivity index (χ3n) is 2.68. The molecule has 5 heteroatoms. The Morgan fingerprint density at radius 2 is 2.11 bits per heavy atom. The van der Waals surface area contributed by atoms with Gasteiger partial charge in [-0.05, 0) is 25.3 Å². The maximum absolute atomic E-state index is 11.7. The smallest absolute Gasteiger partial charge is 0.308 e. The SMILES string of the molecule is Cc1ccoc1C(=O)NCC(CC(C)C)C(=O)O. The summed E-state index contributed by atoms with van der Waals surface area (Å²) in [4.78, 5) is 22.8. The van der Waals surface area contributed by atoms with Crippen LogP contribution < -0.4 is 5.32 Å². The van der Waals surface area contributed by atoms with Crippen LogP contribution in [0.1, 0.15) is 36.4 Å². The Bertz CT molecular complexity index is 422. The number of carboxylic acids is 1. The van der Waals surface area contributed by atoms with Gasteiger partial charge in [0.2, 0.25) is 0 Å². The summed E-state index contributed by atoms with van der Waals surface area (Å²) >= 11 is 0. The highest BCUT2D eigenvalue weighted by Gasteiger charge is 2.21. The number of rotatable bonds is 6. The lowest BCUT2D eigenvalue weighted by atomic mass is 9.97. The van der Waals surface area contributed by atoms with Crippen LogP contribution in [0.15, 0.2) is 16.7 Å². The average Bonchev–Trinajstić information content (AvgIpc) is 2.69. The number of carboxylic acid groups (broad SMARTS) is 1. The quantitative estimate of drug-likeness (QED) is 0.813. The summed E-state index contributed by atoms with van der Waals surface area (Å²) in [5.41, 5.74) is 0.739. The van der Waals surface area contributed by atoms with Crippen LogP contribution in [-0.4, -0.2) is 23.5 Å². The van der Waals surface area contributed by atoms with E-state index in [4.69, 9.17) is 9.52 Å². The summed E-state index contributed by atoms with van der Waals surface area (Å²) < 4.78 is 5.04. The number of aliphatic carboxylic acids is 1. The molecule has 0 aromatic carbocycles.